The zero-order valence-corrected chi connectivity index (χ0v) is 20.9. The minimum absolute atomic E-state index is 0. The largest absolute Gasteiger partial charge is 0.370 e. The summed E-state index contributed by atoms with van der Waals surface area (Å²) in [5.41, 5.74) is 5.03. The number of guanidine groups is 1. The number of nitrogens with zero attached hydrogens (tertiary/aromatic N) is 4. The van der Waals surface area contributed by atoms with Crippen LogP contribution in [0.25, 0.3) is 0 Å². The van der Waals surface area contributed by atoms with E-state index in [9.17, 15) is 0 Å². The Morgan fingerprint density at radius 3 is 2.61 bits per heavy atom. The lowest BCUT2D eigenvalue weighted by molar-refractivity contribution is 0.748. The topological polar surface area (TPSA) is 57.5 Å². The number of rotatable bonds is 9. The van der Waals surface area contributed by atoms with E-state index in [-0.39, 0.29) is 24.0 Å². The lowest BCUT2D eigenvalue weighted by Gasteiger charge is -2.24. The Labute approximate surface area is 202 Å². The van der Waals surface area contributed by atoms with Crippen LogP contribution in [0.2, 0.25) is 0 Å². The van der Waals surface area contributed by atoms with E-state index >= 15 is 0 Å². The molecule has 0 unspecified atom stereocenters. The van der Waals surface area contributed by atoms with Gasteiger partial charge in [0.25, 0.3) is 0 Å². The van der Waals surface area contributed by atoms with E-state index < -0.39 is 0 Å². The van der Waals surface area contributed by atoms with Crippen LogP contribution in [-0.4, -0.2) is 42.2 Å². The molecule has 0 bridgehead atoms. The molecule has 2 aromatic carbocycles. The summed E-state index contributed by atoms with van der Waals surface area (Å²) in [5.74, 6) is 0.815. The molecule has 0 saturated carbocycles. The van der Waals surface area contributed by atoms with Crippen LogP contribution in [0.15, 0.2) is 72.2 Å². The second kappa shape index (κ2) is 13.0. The molecule has 0 saturated heterocycles. The number of aryl methyl sites for hydroxylation is 1. The van der Waals surface area contributed by atoms with Crippen molar-refractivity contribution in [3.05, 3.63) is 83.9 Å². The normalized spacial score (nSPS) is 11.0. The van der Waals surface area contributed by atoms with Crippen LogP contribution >= 0.6 is 24.0 Å². The first-order chi connectivity index (χ1) is 14.7. The zero-order valence-electron chi connectivity index (χ0n) is 18.6. The molecule has 6 nitrogen and oxygen atoms in total. The summed E-state index contributed by atoms with van der Waals surface area (Å²) in [5, 5.41) is 6.84. The molecule has 7 heteroatoms. The Kier molecular flexibility index (Phi) is 10.4. The van der Waals surface area contributed by atoms with Crippen LogP contribution < -0.4 is 15.5 Å². The maximum Gasteiger partial charge on any atom is 0.191 e. The number of aliphatic imine (C=N–C) groups is 1. The van der Waals surface area contributed by atoms with Gasteiger partial charge in [0.1, 0.15) is 0 Å². The number of nitrogens with one attached hydrogen (secondary N) is 2. The second-order valence-corrected chi connectivity index (χ2v) is 7.33. The smallest absolute Gasteiger partial charge is 0.191 e. The molecular formula is C24H33IN6. The van der Waals surface area contributed by atoms with Gasteiger partial charge in [-0.3, -0.25) is 4.99 Å². The monoisotopic (exact) mass is 532 g/mol. The first kappa shape index (κ1) is 24.7. The van der Waals surface area contributed by atoms with Crippen LogP contribution in [0.5, 0.6) is 0 Å². The molecule has 0 aliphatic rings. The van der Waals surface area contributed by atoms with Gasteiger partial charge in [0.05, 0.1) is 6.33 Å². The summed E-state index contributed by atoms with van der Waals surface area (Å²) in [6.45, 7) is 8.58. The van der Waals surface area contributed by atoms with Gasteiger partial charge in [-0.25, -0.2) is 4.98 Å². The molecule has 1 heterocycles. The fourth-order valence-electron chi connectivity index (χ4n) is 3.44. The molecule has 0 radical (unpaired) electrons. The molecule has 31 heavy (non-hydrogen) atoms. The Hall–Kier alpha value is -2.55. The van der Waals surface area contributed by atoms with Gasteiger partial charge in [-0.2, -0.15) is 0 Å². The first-order valence-electron chi connectivity index (χ1n) is 10.5. The van der Waals surface area contributed by atoms with Crippen LogP contribution in [0.3, 0.4) is 0 Å². The number of benzene rings is 2. The quantitative estimate of drug-likeness (QED) is 0.248. The standard InChI is InChI=1S/C24H32N6.HI/c1-4-30(23-10-5-7-20(2)15-23)14-12-27-24(25-3)28-17-21-8-6-9-22(16-21)18-29-13-11-26-19-29;/h5-11,13,15-16,19H,4,12,14,17-18H2,1-3H3,(H2,25,27,28);1H. The van der Waals surface area contributed by atoms with Gasteiger partial charge >= 0.3 is 0 Å². The summed E-state index contributed by atoms with van der Waals surface area (Å²) < 4.78 is 2.07. The molecule has 1 aromatic heterocycles. The van der Waals surface area contributed by atoms with Crippen molar-refractivity contribution in [2.24, 2.45) is 4.99 Å². The Balaban J connectivity index is 0.00000341. The number of halogens is 1. The van der Waals surface area contributed by atoms with E-state index in [2.05, 4.69) is 92.5 Å². The van der Waals surface area contributed by atoms with Crippen molar-refractivity contribution in [2.75, 3.05) is 31.6 Å². The first-order valence-corrected chi connectivity index (χ1v) is 10.5. The number of imidazole rings is 1. The van der Waals surface area contributed by atoms with Crippen molar-refractivity contribution in [3.8, 4) is 0 Å². The van der Waals surface area contributed by atoms with E-state index in [0.29, 0.717) is 0 Å². The Bertz CT molecular complexity index is 939. The van der Waals surface area contributed by atoms with Gasteiger partial charge in [0.2, 0.25) is 0 Å². The third-order valence-corrected chi connectivity index (χ3v) is 5.02. The molecule has 3 aromatic rings. The Morgan fingerprint density at radius 1 is 1.10 bits per heavy atom. The third-order valence-electron chi connectivity index (χ3n) is 5.02. The van der Waals surface area contributed by atoms with Gasteiger partial charge in [0, 0.05) is 57.9 Å². The van der Waals surface area contributed by atoms with Gasteiger partial charge in [0.15, 0.2) is 5.96 Å². The highest BCUT2D eigenvalue weighted by atomic mass is 127. The number of anilines is 1. The average molecular weight is 532 g/mol. The van der Waals surface area contributed by atoms with Crippen LogP contribution in [0.1, 0.15) is 23.6 Å². The molecule has 166 valence electrons. The van der Waals surface area contributed by atoms with Gasteiger partial charge in [-0.1, -0.05) is 36.4 Å². The average Bonchev–Trinajstić information content (AvgIpc) is 3.26. The summed E-state index contributed by atoms with van der Waals surface area (Å²) >= 11 is 0. The maximum absolute atomic E-state index is 4.36. The summed E-state index contributed by atoms with van der Waals surface area (Å²) in [6, 6.07) is 17.2. The molecule has 0 atom stereocenters. The molecule has 0 amide bonds. The van der Waals surface area contributed by atoms with Gasteiger partial charge < -0.3 is 20.1 Å². The molecule has 0 aliphatic carbocycles. The van der Waals surface area contributed by atoms with E-state index in [1.54, 1.807) is 6.20 Å². The Morgan fingerprint density at radius 2 is 1.90 bits per heavy atom. The van der Waals surface area contributed by atoms with E-state index in [4.69, 9.17) is 0 Å². The van der Waals surface area contributed by atoms with Crippen LogP contribution in [0, 0.1) is 6.92 Å². The highest BCUT2D eigenvalue weighted by Gasteiger charge is 2.05. The highest BCUT2D eigenvalue weighted by Crippen LogP contribution is 2.15. The molecule has 3 rings (SSSR count). The number of aromatic nitrogens is 2. The molecule has 0 aliphatic heterocycles. The van der Waals surface area contributed by atoms with Crippen molar-refractivity contribution < 1.29 is 0 Å². The van der Waals surface area contributed by atoms with Crippen molar-refractivity contribution in [3.63, 3.8) is 0 Å². The fourth-order valence-corrected chi connectivity index (χ4v) is 3.44. The number of likely N-dealkylation sites (N-methyl/N-ethyl adjacent to an activating group) is 1. The number of hydrogen-bond donors (Lipinski definition) is 2. The fraction of sp³-hybridized carbons (Fsp3) is 0.333. The summed E-state index contributed by atoms with van der Waals surface area (Å²) in [6.07, 6.45) is 5.62. The lowest BCUT2D eigenvalue weighted by atomic mass is 10.1. The van der Waals surface area contributed by atoms with Crippen molar-refractivity contribution in [2.45, 2.75) is 26.9 Å². The van der Waals surface area contributed by atoms with Crippen molar-refractivity contribution in [1.29, 1.82) is 0 Å². The van der Waals surface area contributed by atoms with Gasteiger partial charge in [-0.15, -0.1) is 24.0 Å². The third kappa shape index (κ3) is 7.90. The zero-order chi connectivity index (χ0) is 21.2. The molecule has 0 spiro atoms. The lowest BCUT2D eigenvalue weighted by Crippen LogP contribution is -2.41. The van der Waals surface area contributed by atoms with Crippen molar-refractivity contribution >= 4 is 35.6 Å². The maximum atomic E-state index is 4.36. The van der Waals surface area contributed by atoms with Crippen LogP contribution in [-0.2, 0) is 13.1 Å². The predicted octanol–water partition coefficient (Wildman–Crippen LogP) is 4.05. The second-order valence-electron chi connectivity index (χ2n) is 7.33. The highest BCUT2D eigenvalue weighted by molar-refractivity contribution is 14.0. The molecule has 2 N–H and O–H groups in total. The van der Waals surface area contributed by atoms with Crippen LogP contribution in [0.4, 0.5) is 5.69 Å². The van der Waals surface area contributed by atoms with E-state index in [0.717, 1.165) is 38.7 Å². The van der Waals surface area contributed by atoms with Gasteiger partial charge in [-0.05, 0) is 42.7 Å². The minimum Gasteiger partial charge on any atom is -0.370 e. The predicted molar refractivity (Wildman–Crippen MR) is 140 cm³/mol. The van der Waals surface area contributed by atoms with E-state index in [1.807, 2.05) is 19.6 Å². The minimum atomic E-state index is 0. The SMILES string of the molecule is CCN(CCNC(=NC)NCc1cccc(Cn2ccnc2)c1)c1cccc(C)c1.I. The molecular weight excluding hydrogens is 499 g/mol. The molecule has 0 fully saturated rings. The number of hydrogen-bond acceptors (Lipinski definition) is 3. The summed E-state index contributed by atoms with van der Waals surface area (Å²) in [4.78, 5) is 10.8. The van der Waals surface area contributed by atoms with E-state index in [1.165, 1.54) is 22.4 Å². The van der Waals surface area contributed by atoms with Crippen molar-refractivity contribution in [1.82, 2.24) is 20.2 Å². The summed E-state index contributed by atoms with van der Waals surface area (Å²) in [7, 11) is 1.81.